The Morgan fingerprint density at radius 3 is 2.52 bits per heavy atom. The lowest BCUT2D eigenvalue weighted by atomic mass is 9.87. The molecular weight excluding hydrogens is 362 g/mol. The van der Waals surface area contributed by atoms with E-state index in [-0.39, 0.29) is 41.3 Å². The Hall–Kier alpha value is -1.82. The topological polar surface area (TPSA) is 63.7 Å². The van der Waals surface area contributed by atoms with Gasteiger partial charge in [0, 0.05) is 17.6 Å². The minimum Gasteiger partial charge on any atom is -0.464 e. The Morgan fingerprint density at radius 2 is 1.89 bits per heavy atom. The van der Waals surface area contributed by atoms with E-state index in [1.54, 1.807) is 16.7 Å². The first-order chi connectivity index (χ1) is 12.7. The number of benzene rings is 1. The van der Waals surface area contributed by atoms with E-state index in [0.29, 0.717) is 13.0 Å². The second kappa shape index (κ2) is 7.66. The Bertz CT molecular complexity index is 731. The quantitative estimate of drug-likeness (QED) is 0.530. The molecule has 146 valence electrons. The third kappa shape index (κ3) is 4.05. The monoisotopic (exact) mass is 389 g/mol. The van der Waals surface area contributed by atoms with Crippen molar-refractivity contribution in [1.82, 2.24) is 4.90 Å². The molecule has 2 saturated heterocycles. The van der Waals surface area contributed by atoms with Crippen LogP contribution in [0.4, 0.5) is 0 Å². The van der Waals surface area contributed by atoms with Gasteiger partial charge in [0.2, 0.25) is 5.91 Å². The maximum absolute atomic E-state index is 12.7. The first-order valence-electron chi connectivity index (χ1n) is 9.43. The first-order valence-corrected chi connectivity index (χ1v) is 10.3. The molecule has 0 spiro atoms. The number of ether oxygens (including phenoxy) is 1. The van der Waals surface area contributed by atoms with E-state index in [9.17, 15) is 14.4 Å². The molecule has 0 radical (unpaired) electrons. The molecule has 5 nitrogen and oxygen atoms in total. The summed E-state index contributed by atoms with van der Waals surface area (Å²) in [6.45, 7) is 8.24. The van der Waals surface area contributed by atoms with Gasteiger partial charge in [0.25, 0.3) is 0 Å². The molecule has 0 unspecified atom stereocenters. The van der Waals surface area contributed by atoms with Crippen LogP contribution in [0.5, 0.6) is 0 Å². The van der Waals surface area contributed by atoms with Gasteiger partial charge in [0.15, 0.2) is 0 Å². The Balaban J connectivity index is 1.64. The van der Waals surface area contributed by atoms with Gasteiger partial charge < -0.3 is 9.64 Å². The summed E-state index contributed by atoms with van der Waals surface area (Å²) in [5.74, 6) is -0.480. The van der Waals surface area contributed by atoms with E-state index in [0.717, 1.165) is 5.56 Å². The normalized spacial score (nSPS) is 25.9. The van der Waals surface area contributed by atoms with Crippen molar-refractivity contribution in [1.29, 1.82) is 0 Å². The summed E-state index contributed by atoms with van der Waals surface area (Å²) < 4.78 is 4.98. The number of hydrogen-bond donors (Lipinski definition) is 0. The SMILES string of the molecule is CC(C)COC(=O)[C@@H]1N2C(=O)[C@@H](CC(=O)Cc3ccccc3)[C@H]2SC1(C)C. The van der Waals surface area contributed by atoms with Gasteiger partial charge in [-0.1, -0.05) is 44.2 Å². The minimum atomic E-state index is -0.584. The van der Waals surface area contributed by atoms with Crippen molar-refractivity contribution >= 4 is 29.4 Å². The van der Waals surface area contributed by atoms with Gasteiger partial charge in [-0.2, -0.15) is 0 Å². The highest BCUT2D eigenvalue weighted by atomic mass is 32.2. The summed E-state index contributed by atoms with van der Waals surface area (Å²) in [4.78, 5) is 39.4. The van der Waals surface area contributed by atoms with Crippen LogP contribution in [0.2, 0.25) is 0 Å². The van der Waals surface area contributed by atoms with Crippen LogP contribution in [0.3, 0.4) is 0 Å². The number of ketones is 1. The third-order valence-corrected chi connectivity index (χ3v) is 6.65. The molecule has 27 heavy (non-hydrogen) atoms. The van der Waals surface area contributed by atoms with E-state index in [2.05, 4.69) is 0 Å². The van der Waals surface area contributed by atoms with Crippen molar-refractivity contribution in [3.63, 3.8) is 0 Å². The summed E-state index contributed by atoms with van der Waals surface area (Å²) in [5, 5.41) is -0.121. The summed E-state index contributed by atoms with van der Waals surface area (Å²) in [6.07, 6.45) is 0.566. The molecule has 0 aliphatic carbocycles. The van der Waals surface area contributed by atoms with Crippen LogP contribution in [0, 0.1) is 11.8 Å². The fourth-order valence-corrected chi connectivity index (χ4v) is 5.41. The van der Waals surface area contributed by atoms with E-state index in [1.807, 2.05) is 58.0 Å². The molecule has 3 rings (SSSR count). The first kappa shape index (κ1) is 19.9. The molecule has 3 atom stereocenters. The van der Waals surface area contributed by atoms with Crippen molar-refractivity contribution in [2.45, 2.75) is 56.7 Å². The standard InChI is InChI=1S/C21H27NO4S/c1-13(2)12-26-20(25)17-21(3,4)27-19-16(18(24)22(17)19)11-15(23)10-14-8-6-5-7-9-14/h5-9,13,16-17,19H,10-12H2,1-4H3/t16-,17+,19-/m1/s1. The van der Waals surface area contributed by atoms with Crippen LogP contribution in [-0.2, 0) is 25.5 Å². The number of Topliss-reactive ketones (excluding diaryl/α,β-unsaturated/α-hetero) is 1. The number of thioether (sulfide) groups is 1. The number of amides is 1. The molecule has 1 aromatic rings. The second-order valence-corrected chi connectivity index (χ2v) is 10.1. The number of hydrogen-bond acceptors (Lipinski definition) is 5. The summed E-state index contributed by atoms with van der Waals surface area (Å²) in [5.41, 5.74) is 0.959. The molecule has 2 aliphatic rings. The van der Waals surface area contributed by atoms with E-state index in [4.69, 9.17) is 4.74 Å². The van der Waals surface area contributed by atoms with Crippen molar-refractivity contribution in [3.05, 3.63) is 35.9 Å². The lowest BCUT2D eigenvalue weighted by Gasteiger charge is -2.43. The van der Waals surface area contributed by atoms with Gasteiger partial charge in [-0.3, -0.25) is 9.59 Å². The summed E-state index contributed by atoms with van der Waals surface area (Å²) in [7, 11) is 0. The number of nitrogens with zero attached hydrogens (tertiary/aromatic N) is 1. The van der Waals surface area contributed by atoms with Crippen LogP contribution in [0.1, 0.15) is 39.7 Å². The molecule has 1 amide bonds. The van der Waals surface area contributed by atoms with Crippen molar-refractivity contribution in [2.24, 2.45) is 11.8 Å². The fraction of sp³-hybridized carbons (Fsp3) is 0.571. The Morgan fingerprint density at radius 1 is 1.22 bits per heavy atom. The third-order valence-electron chi connectivity index (χ3n) is 5.03. The van der Waals surface area contributed by atoms with Gasteiger partial charge in [-0.05, 0) is 25.3 Å². The number of esters is 1. The second-order valence-electron chi connectivity index (χ2n) is 8.30. The van der Waals surface area contributed by atoms with Crippen LogP contribution >= 0.6 is 11.8 Å². The lowest BCUT2D eigenvalue weighted by Crippen LogP contribution is -2.63. The van der Waals surface area contributed by atoms with Crippen LogP contribution in [0.25, 0.3) is 0 Å². The number of carbonyl (C=O) groups excluding carboxylic acids is 3. The molecule has 1 aromatic carbocycles. The lowest BCUT2D eigenvalue weighted by molar-refractivity contribution is -0.167. The largest absolute Gasteiger partial charge is 0.464 e. The molecule has 0 saturated carbocycles. The molecule has 2 fully saturated rings. The maximum Gasteiger partial charge on any atom is 0.330 e. The van der Waals surface area contributed by atoms with E-state index < -0.39 is 10.8 Å². The zero-order valence-electron chi connectivity index (χ0n) is 16.3. The van der Waals surface area contributed by atoms with E-state index in [1.165, 1.54) is 0 Å². The van der Waals surface area contributed by atoms with Gasteiger partial charge in [0.1, 0.15) is 11.8 Å². The average molecular weight is 390 g/mol. The predicted octanol–water partition coefficient (Wildman–Crippen LogP) is 3.07. The van der Waals surface area contributed by atoms with Gasteiger partial charge in [-0.25, -0.2) is 4.79 Å². The fourth-order valence-electron chi connectivity index (χ4n) is 3.73. The number of rotatable bonds is 7. The molecule has 2 aliphatic heterocycles. The molecule has 0 N–H and O–H groups in total. The van der Waals surface area contributed by atoms with E-state index >= 15 is 0 Å². The highest BCUT2D eigenvalue weighted by Crippen LogP contribution is 2.54. The summed E-state index contributed by atoms with van der Waals surface area (Å²) >= 11 is 1.60. The van der Waals surface area contributed by atoms with Crippen molar-refractivity contribution in [2.75, 3.05) is 6.61 Å². The van der Waals surface area contributed by atoms with Crippen LogP contribution < -0.4 is 0 Å². The zero-order valence-corrected chi connectivity index (χ0v) is 17.1. The highest BCUT2D eigenvalue weighted by Gasteiger charge is 2.64. The highest BCUT2D eigenvalue weighted by molar-refractivity contribution is 8.01. The minimum absolute atomic E-state index is 0.0587. The molecule has 0 bridgehead atoms. The number of β-lactam (4-membered cyclic amide) rings is 1. The number of fused-ring (bicyclic) bond motifs is 1. The van der Waals surface area contributed by atoms with Crippen LogP contribution in [0.15, 0.2) is 30.3 Å². The predicted molar refractivity (Wildman–Crippen MR) is 105 cm³/mol. The maximum atomic E-state index is 12.7. The molecular formula is C21H27NO4S. The van der Waals surface area contributed by atoms with Gasteiger partial charge in [0.05, 0.1) is 17.9 Å². The van der Waals surface area contributed by atoms with Crippen molar-refractivity contribution in [3.8, 4) is 0 Å². The zero-order chi connectivity index (χ0) is 19.8. The smallest absolute Gasteiger partial charge is 0.330 e. The summed E-state index contributed by atoms with van der Waals surface area (Å²) in [6, 6.07) is 8.97. The number of carbonyl (C=O) groups is 3. The Labute approximate surface area is 164 Å². The van der Waals surface area contributed by atoms with Crippen molar-refractivity contribution < 1.29 is 19.1 Å². The average Bonchev–Trinajstić information content (AvgIpc) is 2.86. The van der Waals surface area contributed by atoms with Gasteiger partial charge in [-0.15, -0.1) is 11.8 Å². The molecule has 0 aromatic heterocycles. The Kier molecular flexibility index (Phi) is 5.65. The molecule has 2 heterocycles. The van der Waals surface area contributed by atoms with Gasteiger partial charge >= 0.3 is 5.97 Å². The molecule has 6 heteroatoms. The van der Waals surface area contributed by atoms with Crippen LogP contribution in [-0.4, -0.2) is 45.3 Å².